The minimum atomic E-state index is 0.110. The zero-order chi connectivity index (χ0) is 18.6. The van der Waals surface area contributed by atoms with E-state index in [0.717, 1.165) is 45.4 Å². The van der Waals surface area contributed by atoms with Gasteiger partial charge < -0.3 is 10.1 Å². The van der Waals surface area contributed by atoms with Crippen molar-refractivity contribution in [2.24, 2.45) is 0 Å². The molecule has 1 atom stereocenters. The van der Waals surface area contributed by atoms with Crippen molar-refractivity contribution in [3.8, 4) is 0 Å². The average Bonchev–Trinajstić information content (AvgIpc) is 3.35. The van der Waals surface area contributed by atoms with Crippen molar-refractivity contribution in [3.63, 3.8) is 0 Å². The Morgan fingerprint density at radius 2 is 2.07 bits per heavy atom. The van der Waals surface area contributed by atoms with Crippen molar-refractivity contribution in [1.29, 1.82) is 0 Å². The van der Waals surface area contributed by atoms with Crippen LogP contribution in [0.3, 0.4) is 0 Å². The highest BCUT2D eigenvalue weighted by Crippen LogP contribution is 2.49. The summed E-state index contributed by atoms with van der Waals surface area (Å²) in [6.07, 6.45) is 11.5. The van der Waals surface area contributed by atoms with E-state index in [2.05, 4.69) is 35.8 Å². The van der Waals surface area contributed by atoms with Crippen LogP contribution in [0.2, 0.25) is 0 Å². The molecule has 1 N–H and O–H groups in total. The molecular formula is C23H32N2OS. The van der Waals surface area contributed by atoms with E-state index in [-0.39, 0.29) is 11.0 Å². The molecule has 1 spiro atoms. The van der Waals surface area contributed by atoms with Crippen molar-refractivity contribution in [3.05, 3.63) is 52.0 Å². The van der Waals surface area contributed by atoms with Crippen molar-refractivity contribution in [2.75, 3.05) is 13.2 Å². The Balaban J connectivity index is 1.46. The fourth-order valence-corrected chi connectivity index (χ4v) is 6.11. The van der Waals surface area contributed by atoms with E-state index in [1.165, 1.54) is 41.8 Å². The lowest BCUT2D eigenvalue weighted by molar-refractivity contribution is -0.104. The van der Waals surface area contributed by atoms with Gasteiger partial charge in [0, 0.05) is 35.3 Å². The summed E-state index contributed by atoms with van der Waals surface area (Å²) in [4.78, 5) is 6.29. The van der Waals surface area contributed by atoms with Crippen LogP contribution in [0.1, 0.15) is 68.0 Å². The Bertz CT molecular complexity index is 723. The number of ether oxygens (including phenoxy) is 1. The molecule has 2 aliphatic rings. The van der Waals surface area contributed by atoms with Gasteiger partial charge in [-0.15, -0.1) is 11.3 Å². The number of nitrogens with zero attached hydrogens (tertiary/aromatic N) is 1. The molecule has 4 rings (SSSR count). The van der Waals surface area contributed by atoms with E-state index >= 15 is 0 Å². The third-order valence-electron chi connectivity index (χ3n) is 6.66. The third-order valence-corrected chi connectivity index (χ3v) is 7.62. The molecule has 146 valence electrons. The maximum atomic E-state index is 6.35. The molecule has 2 aromatic heterocycles. The SMILES string of the molecule is CCc1ccsc1CNCC[C@@]1(c2ccccn2)CCOC2(CCCC2)C1. The summed E-state index contributed by atoms with van der Waals surface area (Å²) in [7, 11) is 0. The Kier molecular flexibility index (Phi) is 5.96. The van der Waals surface area contributed by atoms with Gasteiger partial charge in [0.1, 0.15) is 0 Å². The number of hydrogen-bond donors (Lipinski definition) is 1. The monoisotopic (exact) mass is 384 g/mol. The van der Waals surface area contributed by atoms with Gasteiger partial charge in [-0.25, -0.2) is 0 Å². The van der Waals surface area contributed by atoms with Gasteiger partial charge >= 0.3 is 0 Å². The van der Waals surface area contributed by atoms with E-state index in [1.54, 1.807) is 0 Å². The number of thiophene rings is 1. The molecule has 3 heterocycles. The number of pyridine rings is 1. The van der Waals surface area contributed by atoms with Gasteiger partial charge in [-0.3, -0.25) is 4.98 Å². The predicted octanol–water partition coefficient (Wildman–Crippen LogP) is 5.25. The van der Waals surface area contributed by atoms with Crippen LogP contribution >= 0.6 is 11.3 Å². The molecule has 0 amide bonds. The number of aryl methyl sites for hydroxylation is 1. The molecule has 1 aliphatic heterocycles. The Hall–Kier alpha value is -1.23. The molecule has 0 aromatic carbocycles. The van der Waals surface area contributed by atoms with Crippen LogP contribution in [0.15, 0.2) is 35.8 Å². The maximum Gasteiger partial charge on any atom is 0.0691 e. The molecule has 27 heavy (non-hydrogen) atoms. The van der Waals surface area contributed by atoms with Crippen molar-refractivity contribution >= 4 is 11.3 Å². The topological polar surface area (TPSA) is 34.2 Å². The molecule has 4 heteroatoms. The first-order chi connectivity index (χ1) is 13.3. The standard InChI is InChI=1S/C23H32N2OS/c1-2-19-8-16-27-20(19)17-24-14-11-22(21-7-3-6-13-25-21)12-15-26-23(18-22)9-4-5-10-23/h3,6-8,13,16,24H,2,4-5,9-12,14-15,17-18H2,1H3/t22-/m1/s1. The first-order valence-corrected chi connectivity index (χ1v) is 11.4. The van der Waals surface area contributed by atoms with Crippen LogP contribution in [0.4, 0.5) is 0 Å². The van der Waals surface area contributed by atoms with Gasteiger partial charge in [-0.05, 0) is 74.2 Å². The lowest BCUT2D eigenvalue weighted by Gasteiger charge is -2.46. The Morgan fingerprint density at radius 3 is 2.85 bits per heavy atom. The zero-order valence-electron chi connectivity index (χ0n) is 16.5. The van der Waals surface area contributed by atoms with E-state index in [9.17, 15) is 0 Å². The number of rotatable bonds is 7. The molecule has 0 bridgehead atoms. The second kappa shape index (κ2) is 8.42. The van der Waals surface area contributed by atoms with Crippen molar-refractivity contribution in [1.82, 2.24) is 10.3 Å². The number of hydrogen-bond acceptors (Lipinski definition) is 4. The van der Waals surface area contributed by atoms with E-state index in [0.29, 0.717) is 0 Å². The van der Waals surface area contributed by atoms with Crippen LogP contribution < -0.4 is 5.32 Å². The summed E-state index contributed by atoms with van der Waals surface area (Å²) < 4.78 is 6.35. The minimum Gasteiger partial charge on any atom is -0.375 e. The smallest absolute Gasteiger partial charge is 0.0691 e. The molecule has 1 saturated carbocycles. The summed E-state index contributed by atoms with van der Waals surface area (Å²) in [5.74, 6) is 0. The predicted molar refractivity (Wildman–Crippen MR) is 112 cm³/mol. The highest BCUT2D eigenvalue weighted by molar-refractivity contribution is 7.10. The van der Waals surface area contributed by atoms with Gasteiger partial charge in [-0.1, -0.05) is 25.8 Å². The summed E-state index contributed by atoms with van der Waals surface area (Å²) in [5, 5.41) is 5.94. The summed E-state index contributed by atoms with van der Waals surface area (Å²) in [6, 6.07) is 8.68. The van der Waals surface area contributed by atoms with Gasteiger partial charge in [0.15, 0.2) is 0 Å². The molecule has 0 radical (unpaired) electrons. The normalized spacial score (nSPS) is 24.5. The van der Waals surface area contributed by atoms with Crippen LogP contribution in [0.25, 0.3) is 0 Å². The second-order valence-corrected chi connectivity index (χ2v) is 9.31. The lowest BCUT2D eigenvalue weighted by Crippen LogP contribution is -2.47. The quantitative estimate of drug-likeness (QED) is 0.662. The fraction of sp³-hybridized carbons (Fsp3) is 0.609. The van der Waals surface area contributed by atoms with Gasteiger partial charge in [0.25, 0.3) is 0 Å². The van der Waals surface area contributed by atoms with Crippen LogP contribution in [0.5, 0.6) is 0 Å². The first kappa shape index (κ1) is 19.1. The largest absolute Gasteiger partial charge is 0.375 e. The highest BCUT2D eigenvalue weighted by atomic mass is 32.1. The van der Waals surface area contributed by atoms with E-state index < -0.39 is 0 Å². The lowest BCUT2D eigenvalue weighted by atomic mass is 9.68. The van der Waals surface area contributed by atoms with Crippen molar-refractivity contribution < 1.29 is 4.74 Å². The number of aromatic nitrogens is 1. The first-order valence-electron chi connectivity index (χ1n) is 10.6. The third kappa shape index (κ3) is 4.13. The van der Waals surface area contributed by atoms with Crippen molar-refractivity contribution in [2.45, 2.75) is 75.9 Å². The molecule has 1 saturated heterocycles. The summed E-state index contributed by atoms with van der Waals surface area (Å²) in [6.45, 7) is 5.14. The van der Waals surface area contributed by atoms with Crippen LogP contribution in [-0.2, 0) is 23.1 Å². The van der Waals surface area contributed by atoms with Gasteiger partial charge in [-0.2, -0.15) is 0 Å². The second-order valence-electron chi connectivity index (χ2n) is 8.31. The average molecular weight is 385 g/mol. The Morgan fingerprint density at radius 1 is 1.19 bits per heavy atom. The maximum absolute atomic E-state index is 6.35. The van der Waals surface area contributed by atoms with Gasteiger partial charge in [0.05, 0.1) is 5.60 Å². The minimum absolute atomic E-state index is 0.110. The fourth-order valence-electron chi connectivity index (χ4n) is 5.16. The summed E-state index contributed by atoms with van der Waals surface area (Å²) in [5.41, 5.74) is 3.02. The molecule has 0 unspecified atom stereocenters. The zero-order valence-corrected chi connectivity index (χ0v) is 17.3. The van der Waals surface area contributed by atoms with Gasteiger partial charge in [0.2, 0.25) is 0 Å². The molecule has 2 aromatic rings. The van der Waals surface area contributed by atoms with Crippen LogP contribution in [-0.4, -0.2) is 23.7 Å². The molecule has 1 aliphatic carbocycles. The Labute approximate surface area is 167 Å². The molecule has 2 fully saturated rings. The van der Waals surface area contributed by atoms with Crippen LogP contribution in [0, 0.1) is 0 Å². The summed E-state index contributed by atoms with van der Waals surface area (Å²) >= 11 is 1.88. The number of nitrogens with one attached hydrogen (secondary N) is 1. The molecular weight excluding hydrogens is 352 g/mol. The van der Waals surface area contributed by atoms with E-state index in [4.69, 9.17) is 9.72 Å². The van der Waals surface area contributed by atoms with E-state index in [1.807, 2.05) is 23.6 Å². The highest BCUT2D eigenvalue weighted by Gasteiger charge is 2.48. The molecule has 3 nitrogen and oxygen atoms in total.